The van der Waals surface area contributed by atoms with E-state index in [1.54, 1.807) is 6.07 Å². The minimum Gasteiger partial charge on any atom is -0.326 e. The fourth-order valence-electron chi connectivity index (χ4n) is 1.58. The van der Waals surface area contributed by atoms with Gasteiger partial charge in [-0.1, -0.05) is 19.4 Å². The van der Waals surface area contributed by atoms with Crippen LogP contribution in [0.1, 0.15) is 30.9 Å². The monoisotopic (exact) mass is 334 g/mol. The summed E-state index contributed by atoms with van der Waals surface area (Å²) >= 11 is 3.33. The van der Waals surface area contributed by atoms with E-state index in [4.69, 9.17) is 5.73 Å². The summed E-state index contributed by atoms with van der Waals surface area (Å²) < 4.78 is 27.5. The number of hydrogen-bond acceptors (Lipinski definition) is 3. The highest BCUT2D eigenvalue weighted by molar-refractivity contribution is 9.10. The maximum atomic E-state index is 12.2. The van der Waals surface area contributed by atoms with E-state index >= 15 is 0 Å². The lowest BCUT2D eigenvalue weighted by molar-refractivity contribution is 0.577. The van der Waals surface area contributed by atoms with Crippen molar-refractivity contribution in [1.82, 2.24) is 4.72 Å². The molecule has 1 aromatic carbocycles. The number of sulfonamides is 1. The predicted octanol–water partition coefficient (Wildman–Crippen LogP) is 2.29. The Morgan fingerprint density at radius 3 is 2.61 bits per heavy atom. The molecule has 0 aliphatic rings. The second-order valence-electron chi connectivity index (χ2n) is 4.18. The third kappa shape index (κ3) is 3.78. The molecule has 0 spiro atoms. The number of rotatable bonds is 6. The van der Waals surface area contributed by atoms with Gasteiger partial charge in [0, 0.05) is 17.6 Å². The lowest BCUT2D eigenvalue weighted by Gasteiger charge is -2.11. The van der Waals surface area contributed by atoms with Crippen LogP contribution in [0.15, 0.2) is 21.5 Å². The van der Waals surface area contributed by atoms with Gasteiger partial charge in [-0.05, 0) is 46.5 Å². The number of benzene rings is 1. The maximum absolute atomic E-state index is 12.2. The number of nitrogens with one attached hydrogen (secondary N) is 1. The van der Waals surface area contributed by atoms with E-state index < -0.39 is 10.0 Å². The Morgan fingerprint density at radius 2 is 2.06 bits per heavy atom. The zero-order chi connectivity index (χ0) is 13.8. The largest absolute Gasteiger partial charge is 0.326 e. The van der Waals surface area contributed by atoms with E-state index in [0.29, 0.717) is 17.6 Å². The Bertz CT molecular complexity index is 515. The Balaban J connectivity index is 3.11. The van der Waals surface area contributed by atoms with Crippen LogP contribution in [0.2, 0.25) is 0 Å². The third-order valence-electron chi connectivity index (χ3n) is 2.63. The fourth-order valence-corrected chi connectivity index (χ4v) is 3.72. The van der Waals surface area contributed by atoms with Gasteiger partial charge in [-0.3, -0.25) is 0 Å². The Hall–Kier alpha value is -0.430. The van der Waals surface area contributed by atoms with Crippen molar-refractivity contribution in [3.05, 3.63) is 27.7 Å². The molecule has 3 N–H and O–H groups in total. The van der Waals surface area contributed by atoms with Gasteiger partial charge in [0.05, 0.1) is 4.90 Å². The van der Waals surface area contributed by atoms with E-state index in [1.807, 2.05) is 19.9 Å². The molecule has 0 atom stereocenters. The number of halogens is 1. The lowest BCUT2D eigenvalue weighted by atomic mass is 10.1. The summed E-state index contributed by atoms with van der Waals surface area (Å²) in [5.74, 6) is 0. The summed E-state index contributed by atoms with van der Waals surface area (Å²) in [4.78, 5) is 0.263. The molecule has 0 unspecified atom stereocenters. The normalized spacial score (nSPS) is 11.8. The van der Waals surface area contributed by atoms with Crippen LogP contribution in [0.3, 0.4) is 0 Å². The Morgan fingerprint density at radius 1 is 1.39 bits per heavy atom. The molecule has 0 amide bonds. The van der Waals surface area contributed by atoms with Gasteiger partial charge < -0.3 is 5.73 Å². The smallest absolute Gasteiger partial charge is 0.241 e. The number of hydrogen-bond donors (Lipinski definition) is 2. The minimum atomic E-state index is -3.47. The maximum Gasteiger partial charge on any atom is 0.241 e. The van der Waals surface area contributed by atoms with Gasteiger partial charge in [-0.25, -0.2) is 13.1 Å². The van der Waals surface area contributed by atoms with Gasteiger partial charge in [0.2, 0.25) is 10.0 Å². The van der Waals surface area contributed by atoms with Gasteiger partial charge in [0.15, 0.2) is 0 Å². The van der Waals surface area contributed by atoms with Crippen molar-refractivity contribution < 1.29 is 8.42 Å². The second-order valence-corrected chi connectivity index (χ2v) is 6.71. The van der Waals surface area contributed by atoms with Crippen LogP contribution in [0.4, 0.5) is 0 Å². The molecule has 1 rings (SSSR count). The Labute approximate surface area is 117 Å². The first-order valence-corrected chi connectivity index (χ1v) is 8.18. The average molecular weight is 335 g/mol. The van der Waals surface area contributed by atoms with Crippen LogP contribution in [0.25, 0.3) is 0 Å². The topological polar surface area (TPSA) is 72.2 Å². The summed E-state index contributed by atoms with van der Waals surface area (Å²) in [6.45, 7) is 4.65. The van der Waals surface area contributed by atoms with Crippen LogP contribution < -0.4 is 10.5 Å². The quantitative estimate of drug-likeness (QED) is 0.784. The fraction of sp³-hybridized carbons (Fsp3) is 0.500. The van der Waals surface area contributed by atoms with Gasteiger partial charge in [-0.2, -0.15) is 0 Å². The summed E-state index contributed by atoms with van der Waals surface area (Å²) in [7, 11) is -3.47. The first-order valence-electron chi connectivity index (χ1n) is 5.91. The van der Waals surface area contributed by atoms with Gasteiger partial charge >= 0.3 is 0 Å². The molecule has 0 saturated heterocycles. The second kappa shape index (κ2) is 6.65. The number of unbranched alkanes of at least 4 members (excludes halogenated alkanes) is 1. The standard InChI is InChI=1S/C12H19BrN2O2S/c1-3-4-5-15-18(16,17)11-7-10(8-14)6-9(2)12(11)13/h6-7,15H,3-5,8,14H2,1-2H3. The van der Waals surface area contributed by atoms with Gasteiger partial charge in [0.1, 0.15) is 0 Å². The molecule has 0 aromatic heterocycles. The molecule has 102 valence electrons. The zero-order valence-electron chi connectivity index (χ0n) is 10.7. The molecule has 0 fully saturated rings. The number of aryl methyl sites for hydroxylation is 1. The highest BCUT2D eigenvalue weighted by atomic mass is 79.9. The van der Waals surface area contributed by atoms with Crippen molar-refractivity contribution in [3.63, 3.8) is 0 Å². The molecule has 6 heteroatoms. The molecule has 0 aliphatic heterocycles. The molecular formula is C12H19BrN2O2S. The van der Waals surface area contributed by atoms with Crippen molar-refractivity contribution in [2.24, 2.45) is 5.73 Å². The predicted molar refractivity (Wildman–Crippen MR) is 76.9 cm³/mol. The summed E-state index contributed by atoms with van der Waals surface area (Å²) in [5, 5.41) is 0. The van der Waals surface area contributed by atoms with Crippen molar-refractivity contribution >= 4 is 26.0 Å². The SMILES string of the molecule is CCCCNS(=O)(=O)c1cc(CN)cc(C)c1Br. The molecule has 1 aromatic rings. The van der Waals surface area contributed by atoms with E-state index in [2.05, 4.69) is 20.7 Å². The summed E-state index contributed by atoms with van der Waals surface area (Å²) in [5.41, 5.74) is 7.25. The first-order chi connectivity index (χ1) is 8.42. The van der Waals surface area contributed by atoms with Gasteiger partial charge in [0.25, 0.3) is 0 Å². The molecular weight excluding hydrogens is 316 g/mol. The zero-order valence-corrected chi connectivity index (χ0v) is 13.1. The summed E-state index contributed by atoms with van der Waals surface area (Å²) in [6.07, 6.45) is 1.78. The summed E-state index contributed by atoms with van der Waals surface area (Å²) in [6, 6.07) is 3.50. The third-order valence-corrected chi connectivity index (χ3v) is 5.43. The molecule has 0 aliphatic carbocycles. The van der Waals surface area contributed by atoms with E-state index in [1.165, 1.54) is 0 Å². The lowest BCUT2D eigenvalue weighted by Crippen LogP contribution is -2.25. The molecule has 0 bridgehead atoms. The van der Waals surface area contributed by atoms with Crippen LogP contribution in [0, 0.1) is 6.92 Å². The van der Waals surface area contributed by atoms with Crippen molar-refractivity contribution in [2.45, 2.75) is 38.1 Å². The van der Waals surface area contributed by atoms with E-state index in [-0.39, 0.29) is 4.90 Å². The van der Waals surface area contributed by atoms with Crippen LogP contribution in [-0.2, 0) is 16.6 Å². The molecule has 0 heterocycles. The molecule has 0 radical (unpaired) electrons. The van der Waals surface area contributed by atoms with Crippen molar-refractivity contribution in [3.8, 4) is 0 Å². The minimum absolute atomic E-state index is 0.263. The first kappa shape index (κ1) is 15.6. The molecule has 4 nitrogen and oxygen atoms in total. The average Bonchev–Trinajstić information content (AvgIpc) is 2.32. The van der Waals surface area contributed by atoms with E-state index in [9.17, 15) is 8.42 Å². The van der Waals surface area contributed by atoms with Crippen LogP contribution in [0.5, 0.6) is 0 Å². The van der Waals surface area contributed by atoms with Crippen molar-refractivity contribution in [1.29, 1.82) is 0 Å². The Kier molecular flexibility index (Phi) is 5.78. The molecule has 18 heavy (non-hydrogen) atoms. The molecule has 0 saturated carbocycles. The van der Waals surface area contributed by atoms with Crippen LogP contribution in [-0.4, -0.2) is 15.0 Å². The number of nitrogens with two attached hydrogens (primary N) is 1. The van der Waals surface area contributed by atoms with Crippen molar-refractivity contribution in [2.75, 3.05) is 6.54 Å². The van der Waals surface area contributed by atoms with Crippen LogP contribution >= 0.6 is 15.9 Å². The highest BCUT2D eigenvalue weighted by Gasteiger charge is 2.19. The highest BCUT2D eigenvalue weighted by Crippen LogP contribution is 2.27. The van der Waals surface area contributed by atoms with E-state index in [0.717, 1.165) is 24.0 Å². The van der Waals surface area contributed by atoms with Gasteiger partial charge in [-0.15, -0.1) is 0 Å².